The van der Waals surface area contributed by atoms with Gasteiger partial charge in [-0.2, -0.15) is 0 Å². The predicted octanol–water partition coefficient (Wildman–Crippen LogP) is 16.8. The fourth-order valence-corrected chi connectivity index (χ4v) is 29.8. The third kappa shape index (κ3) is 19.3. The van der Waals surface area contributed by atoms with Gasteiger partial charge in [-0.1, -0.05) is 0 Å². The average Bonchev–Trinajstić information content (AvgIpc) is 1.55. The largest absolute Gasteiger partial charge is 0 e. The Kier molecular flexibility index (Phi) is 29.2. The SMILES string of the molecule is Cc1c[c]([BiH2])nc(-c2[c-]ccc3c2sc2ccccc23)c1.Cc1c[c]([BiH2])nc(-c2[c-]ccc3c2sc2ccccc23)n1.Cc1cc(-c2[c-]ccc3c2sc2ccccc23)c[c]([BiH2])n1.Cc1n[c]([BiH2])cc(-c2[c-]ccc3c2sc2ccccc23)n1.Cc1n[c]([BiH2])nc(-c2[c-]ccc3c2oc2ccccc23)n1.Cc1n[c]([BiH2])nc(-c2[c-]ccc3c2sc2ccccc23)n1.[Bk].[Bk].[Bk].[Bk].[Bk].[Bk]. The van der Waals surface area contributed by atoms with E-state index in [4.69, 9.17) is 9.40 Å². The van der Waals surface area contributed by atoms with Crippen molar-refractivity contribution in [2.24, 2.45) is 0 Å². The first-order valence-electron chi connectivity index (χ1n) is 39.9. The van der Waals surface area contributed by atoms with E-state index in [0.29, 0.717) is 55.3 Å². The van der Waals surface area contributed by atoms with Gasteiger partial charge in [0.1, 0.15) is 0 Å². The maximum absolute atomic E-state index is 6.00. The predicted molar refractivity (Wildman–Crippen MR) is 547 cm³/mol. The van der Waals surface area contributed by atoms with E-state index in [0.717, 1.165) is 214 Å². The van der Waals surface area contributed by atoms with Gasteiger partial charge < -0.3 is 0 Å². The number of benzene rings is 12. The molecule has 666 valence electrons. The van der Waals surface area contributed by atoms with Crippen molar-refractivity contribution in [2.75, 3.05) is 0 Å². The van der Waals surface area contributed by atoms with Crippen LogP contribution in [0.1, 0.15) is 34.4 Å². The molecule has 24 aromatic rings. The van der Waals surface area contributed by atoms with Gasteiger partial charge >= 0.3 is 848 Å². The van der Waals surface area contributed by atoms with E-state index in [9.17, 15) is 0 Å². The number of aromatic nitrogens is 12. The van der Waals surface area contributed by atoms with Gasteiger partial charge in [0, 0.05) is 0 Å². The van der Waals surface area contributed by atoms with Crippen LogP contribution in [0.25, 0.3) is 191 Å². The summed E-state index contributed by atoms with van der Waals surface area (Å²) in [6, 6.07) is 108. The Morgan fingerprint density at radius 3 is 1.01 bits per heavy atom. The van der Waals surface area contributed by atoms with E-state index < -0.39 is 0 Å². The maximum Gasteiger partial charge on any atom is 0 e. The van der Waals surface area contributed by atoms with E-state index in [1.165, 1.54) is 124 Å². The molecule has 0 atom stereocenters. The second kappa shape index (κ2) is 40.5. The molecule has 0 bridgehead atoms. The summed E-state index contributed by atoms with van der Waals surface area (Å²) in [7, 11) is 0. The fraction of sp³-hybridized carbons (Fsp3) is 0.0588. The molecule has 12 aromatic carbocycles. The first-order valence-corrected chi connectivity index (χ1v) is 57.5. The van der Waals surface area contributed by atoms with Crippen LogP contribution in [0.5, 0.6) is 0 Å². The van der Waals surface area contributed by atoms with Crippen LogP contribution in [0, 0.1) is 77.9 Å². The Bertz CT molecular complexity index is 7020. The van der Waals surface area contributed by atoms with Crippen molar-refractivity contribution in [2.45, 2.75) is 41.5 Å². The summed E-state index contributed by atoms with van der Waals surface area (Å²) in [5.74, 6) is 4.56. The molecule has 0 unspecified atom stereocenters. The Labute approximate surface area is 836 Å². The average molecular weight is 4380 g/mol. The molecule has 0 N–H and O–H groups in total. The molecule has 0 amide bonds. The number of thiophene rings is 5. The molecule has 24 rings (SSSR count). The van der Waals surface area contributed by atoms with E-state index in [1.807, 2.05) is 122 Å². The van der Waals surface area contributed by atoms with Crippen LogP contribution in [-0.2, 0) is 0 Å². The quantitative estimate of drug-likeness (QED) is 0.114. The molecule has 13 nitrogen and oxygen atoms in total. The van der Waals surface area contributed by atoms with Crippen molar-refractivity contribution in [1.82, 2.24) is 59.8 Å². The summed E-state index contributed by atoms with van der Waals surface area (Å²) < 4.78 is 25.4. The van der Waals surface area contributed by atoms with Crippen molar-refractivity contribution >= 4 is 348 Å². The molecule has 0 saturated carbocycles. The number of pyridine rings is 2. The number of fused-ring (bicyclic) bond motifs is 18. The Morgan fingerprint density at radius 1 is 0.250 bits per heavy atom. The summed E-state index contributed by atoms with van der Waals surface area (Å²) in [6.45, 7) is 12.0. The fourth-order valence-electron chi connectivity index (χ4n) is 15.5. The monoisotopic (exact) mass is 4380 g/mol. The molecule has 0 spiro atoms. The Hall–Kier alpha value is -14.7. The Morgan fingerprint density at radius 2 is 0.583 bits per heavy atom. The topological polar surface area (TPSA) is 168 Å². The van der Waals surface area contributed by atoms with Crippen LogP contribution in [0.4, 0.5) is 0 Å². The van der Waals surface area contributed by atoms with E-state index >= 15 is 0 Å². The zero-order chi connectivity index (χ0) is 86.4. The van der Waals surface area contributed by atoms with Crippen LogP contribution in [0.2, 0.25) is 0 Å². The third-order valence-corrected chi connectivity index (χ3v) is 33.4. The molecule has 6 radical (unpaired) electrons. The molecule has 30 heteroatoms. The van der Waals surface area contributed by atoms with Crippen LogP contribution < -0.4 is 20.7 Å². The van der Waals surface area contributed by atoms with Gasteiger partial charge in [0.05, 0.1) is 0 Å². The number of hydrogen-bond acceptors (Lipinski definition) is 18. The molecule has 0 saturated heterocycles. The molecule has 12 aromatic heterocycles. The summed E-state index contributed by atoms with van der Waals surface area (Å²) in [6.07, 6.45) is 0. The minimum atomic E-state index is 0. The summed E-state index contributed by atoms with van der Waals surface area (Å²) >= 11 is 13.2. The molecular weight excluding hydrogens is 4310 g/mol. The normalized spacial score (nSPS) is 10.8. The minimum absolute atomic E-state index is 0. The number of rotatable bonds is 6. The molecule has 0 aliphatic heterocycles. The summed E-state index contributed by atoms with van der Waals surface area (Å²) in [4.78, 5) is 54.2. The first kappa shape index (κ1) is 94.9. The zero-order valence-corrected chi connectivity index (χ0v) is 118. The summed E-state index contributed by atoms with van der Waals surface area (Å²) in [5, 5.41) is 15.2. The molecule has 132 heavy (non-hydrogen) atoms. The maximum atomic E-state index is 6.00. The number of nitrogens with zero attached hydrogens (tertiary/aromatic N) is 12. The van der Waals surface area contributed by atoms with Crippen LogP contribution in [-0.4, -0.2) is 208 Å². The van der Waals surface area contributed by atoms with Crippen LogP contribution >= 0.6 is 56.7 Å². The molecule has 0 aliphatic carbocycles. The van der Waals surface area contributed by atoms with Gasteiger partial charge in [0.15, 0.2) is 0 Å². The van der Waals surface area contributed by atoms with E-state index in [1.54, 1.807) is 22.7 Å². The smallest absolute Gasteiger partial charge is 0 e. The molecular formula is C102H72Bi6Bk6N12OS5-6. The van der Waals surface area contributed by atoms with Gasteiger partial charge in [0.2, 0.25) is 0 Å². The zero-order valence-electron chi connectivity index (χ0n) is 70.5. The van der Waals surface area contributed by atoms with Gasteiger partial charge in [0.25, 0.3) is 0 Å². The van der Waals surface area contributed by atoms with Crippen molar-refractivity contribution < 1.29 is 4.42 Å². The van der Waals surface area contributed by atoms with Gasteiger partial charge in [-0.3, -0.25) is 0 Å². The molecule has 0 aliphatic rings. The van der Waals surface area contributed by atoms with E-state index in [-0.39, 0.29) is 0 Å². The van der Waals surface area contributed by atoms with Crippen LogP contribution in [0.3, 0.4) is 0 Å². The molecule has 0 fully saturated rings. The van der Waals surface area contributed by atoms with Gasteiger partial charge in [-0.05, 0) is 0 Å². The van der Waals surface area contributed by atoms with Gasteiger partial charge in [-0.15, -0.1) is 0 Å². The standard InChI is InChI=1S/2C18H11NS.2C17H10N2S.C16H9N3O.C16H9N3S.6Bi.6Bk.12H/c1-12-11-13(9-10-19-12)14-6-4-7-16-15-5-2-3-8-17(15)20-18(14)16;1-12-9-10-19-16(11-12)15-7-4-6-14-13-5-2-3-8-17(13)20-18(14)15;1-11-18-10-9-15(19-11)14-7-4-6-13-12-5-2-3-8-16(12)20-17(13)14;1-11-9-10-18-17(19-11)14-7-4-6-13-12-5-2-3-8-15(12)20-16(13)14;2*1-10-17-9-18-16(19-10)13-7-4-6-12-11-5-2-3-8-14(11)20-15(12)13;;;;;;;;;;;;;;;;;;;;;;;;/h2-5,7-9,11H,1H3;2-6,8-9,11H,1H3;2*2-6,8-9H,1H3;2*2-6,8H,1H3;;;;;;;;;;;;;;;;;;;;;;;;/q6*-1;;;;;;;;;;;;;;;;;;;;;;;;. The van der Waals surface area contributed by atoms with Crippen LogP contribution in [0.15, 0.2) is 259 Å². The second-order valence-electron chi connectivity index (χ2n) is 29.7. The second-order valence-corrected chi connectivity index (χ2v) is 48.1. The first-order chi connectivity index (χ1) is 61.3. The molecule has 12 heterocycles. The summed E-state index contributed by atoms with van der Waals surface area (Å²) in [5.41, 5.74) is 14.6. The third-order valence-electron chi connectivity index (χ3n) is 20.7. The number of furan rings is 1. The van der Waals surface area contributed by atoms with Crippen molar-refractivity contribution in [3.05, 3.63) is 326 Å². The number of para-hydroxylation sites is 1. The van der Waals surface area contributed by atoms with E-state index in [2.05, 4.69) is 299 Å². The van der Waals surface area contributed by atoms with Gasteiger partial charge in [-0.25, -0.2) is 0 Å². The number of hydrogen-bond donors (Lipinski definition) is 0. The Balaban J connectivity index is 0.000000133. The van der Waals surface area contributed by atoms with Crippen molar-refractivity contribution in [3.63, 3.8) is 0 Å². The number of aryl methyl sites for hydroxylation is 6. The van der Waals surface area contributed by atoms with Crippen molar-refractivity contribution in [3.8, 4) is 67.8 Å². The minimum Gasteiger partial charge on any atom is 0 e. The van der Waals surface area contributed by atoms with Crippen molar-refractivity contribution in [1.29, 1.82) is 0 Å².